The Morgan fingerprint density at radius 3 is 2.55 bits per heavy atom. The molecule has 0 radical (unpaired) electrons. The highest BCUT2D eigenvalue weighted by molar-refractivity contribution is 5.81. The molecule has 3 heteroatoms. The Bertz CT molecular complexity index is 469. The molecule has 110 valence electrons. The summed E-state index contributed by atoms with van der Waals surface area (Å²) >= 11 is 0. The normalized spacial score (nSPS) is 22.1. The fraction of sp³-hybridized carbons (Fsp3) is 0.588. The van der Waals surface area contributed by atoms with Crippen LogP contribution in [-0.4, -0.2) is 35.6 Å². The summed E-state index contributed by atoms with van der Waals surface area (Å²) in [4.78, 5) is 14.1. The van der Waals surface area contributed by atoms with Gasteiger partial charge in [-0.25, -0.2) is 0 Å². The highest BCUT2D eigenvalue weighted by Crippen LogP contribution is 2.32. The van der Waals surface area contributed by atoms with Crippen LogP contribution < -0.4 is 0 Å². The zero-order valence-electron chi connectivity index (χ0n) is 12.7. The lowest BCUT2D eigenvalue weighted by atomic mass is 9.79. The molecule has 3 nitrogen and oxygen atoms in total. The van der Waals surface area contributed by atoms with E-state index in [1.54, 1.807) is 0 Å². The molecular weight excluding hydrogens is 250 g/mol. The molecule has 0 aliphatic carbocycles. The van der Waals surface area contributed by atoms with Crippen LogP contribution in [0.1, 0.15) is 39.2 Å². The standard InChI is InChI=1S/C17H25NO2/c1-16(2)10-7-11-18(12-16)13-17(3,15(19)20)14-8-5-4-6-9-14/h4-6,8-9H,7,10-13H2,1-3H3,(H,19,20). The largest absolute Gasteiger partial charge is 0.481 e. The van der Waals surface area contributed by atoms with E-state index in [0.717, 1.165) is 25.1 Å². The molecule has 0 amide bonds. The summed E-state index contributed by atoms with van der Waals surface area (Å²) in [5, 5.41) is 9.72. The van der Waals surface area contributed by atoms with Crippen molar-refractivity contribution in [1.82, 2.24) is 4.90 Å². The number of carboxylic acid groups (broad SMARTS) is 1. The summed E-state index contributed by atoms with van der Waals surface area (Å²) in [5.41, 5.74) is 0.333. The van der Waals surface area contributed by atoms with Gasteiger partial charge in [-0.15, -0.1) is 0 Å². The first kappa shape index (κ1) is 15.0. The minimum atomic E-state index is -0.839. The number of aliphatic carboxylic acids is 1. The van der Waals surface area contributed by atoms with E-state index in [9.17, 15) is 9.90 Å². The molecule has 2 rings (SSSR count). The molecule has 1 aliphatic heterocycles. The number of rotatable bonds is 4. The molecule has 0 saturated carbocycles. The Balaban J connectivity index is 2.20. The summed E-state index contributed by atoms with van der Waals surface area (Å²) in [6.45, 7) is 8.92. The minimum absolute atomic E-state index is 0.286. The van der Waals surface area contributed by atoms with Crippen LogP contribution in [0.2, 0.25) is 0 Å². The maximum absolute atomic E-state index is 11.8. The molecule has 0 spiro atoms. The second kappa shape index (κ2) is 5.57. The third kappa shape index (κ3) is 3.21. The van der Waals surface area contributed by atoms with Crippen molar-refractivity contribution < 1.29 is 9.90 Å². The minimum Gasteiger partial charge on any atom is -0.481 e. The average molecular weight is 275 g/mol. The van der Waals surface area contributed by atoms with Crippen LogP contribution in [0.15, 0.2) is 30.3 Å². The van der Waals surface area contributed by atoms with Crippen molar-refractivity contribution >= 4 is 5.97 Å². The first-order chi connectivity index (χ1) is 9.33. The molecule has 1 aromatic rings. The van der Waals surface area contributed by atoms with Crippen molar-refractivity contribution in [3.8, 4) is 0 Å². The van der Waals surface area contributed by atoms with Crippen LogP contribution in [0.4, 0.5) is 0 Å². The van der Waals surface area contributed by atoms with Crippen molar-refractivity contribution in [3.63, 3.8) is 0 Å². The summed E-state index contributed by atoms with van der Waals surface area (Å²) in [5.74, 6) is -0.743. The van der Waals surface area contributed by atoms with Gasteiger partial charge in [0.25, 0.3) is 0 Å². The molecule has 0 aromatic heterocycles. The van der Waals surface area contributed by atoms with Gasteiger partial charge in [0.1, 0.15) is 5.41 Å². The second-order valence-electron chi connectivity index (χ2n) is 6.98. The fourth-order valence-electron chi connectivity index (χ4n) is 3.22. The predicted octanol–water partition coefficient (Wildman–Crippen LogP) is 3.15. The molecule has 1 saturated heterocycles. The van der Waals surface area contributed by atoms with Gasteiger partial charge in [-0.1, -0.05) is 44.2 Å². The molecule has 1 aromatic carbocycles. The Morgan fingerprint density at radius 1 is 1.35 bits per heavy atom. The number of benzene rings is 1. The number of hydrogen-bond donors (Lipinski definition) is 1. The number of piperidine rings is 1. The van der Waals surface area contributed by atoms with Crippen molar-refractivity contribution in [1.29, 1.82) is 0 Å². The third-order valence-electron chi connectivity index (χ3n) is 4.40. The van der Waals surface area contributed by atoms with E-state index >= 15 is 0 Å². The molecule has 1 heterocycles. The van der Waals surface area contributed by atoms with Gasteiger partial charge >= 0.3 is 5.97 Å². The lowest BCUT2D eigenvalue weighted by molar-refractivity contribution is -0.144. The molecule has 1 N–H and O–H groups in total. The lowest BCUT2D eigenvalue weighted by Crippen LogP contribution is -2.49. The highest BCUT2D eigenvalue weighted by atomic mass is 16.4. The van der Waals surface area contributed by atoms with Gasteiger partial charge in [0, 0.05) is 13.1 Å². The summed E-state index contributed by atoms with van der Waals surface area (Å²) in [6, 6.07) is 9.59. The van der Waals surface area contributed by atoms with Crippen molar-refractivity contribution in [2.45, 2.75) is 39.0 Å². The van der Waals surface area contributed by atoms with Crippen molar-refractivity contribution in [2.24, 2.45) is 5.41 Å². The van der Waals surface area contributed by atoms with Gasteiger partial charge in [0.2, 0.25) is 0 Å². The average Bonchev–Trinajstić information content (AvgIpc) is 2.38. The fourth-order valence-corrected chi connectivity index (χ4v) is 3.22. The third-order valence-corrected chi connectivity index (χ3v) is 4.40. The lowest BCUT2D eigenvalue weighted by Gasteiger charge is -2.41. The Hall–Kier alpha value is -1.35. The van der Waals surface area contributed by atoms with Gasteiger partial charge in [-0.3, -0.25) is 4.79 Å². The highest BCUT2D eigenvalue weighted by Gasteiger charge is 2.39. The Kier molecular flexibility index (Phi) is 4.19. The number of likely N-dealkylation sites (tertiary alicyclic amines) is 1. The SMILES string of the molecule is CC1(C)CCCN(CC(C)(C(=O)O)c2ccccc2)C1. The van der Waals surface area contributed by atoms with Gasteiger partial charge < -0.3 is 10.0 Å². The first-order valence-corrected chi connectivity index (χ1v) is 7.35. The number of hydrogen-bond acceptors (Lipinski definition) is 2. The Labute approximate surface area is 121 Å². The maximum atomic E-state index is 11.8. The number of carboxylic acids is 1. The monoisotopic (exact) mass is 275 g/mol. The zero-order chi connectivity index (χ0) is 14.8. The van der Waals surface area contributed by atoms with Crippen LogP contribution in [-0.2, 0) is 10.2 Å². The van der Waals surface area contributed by atoms with E-state index in [2.05, 4.69) is 18.7 Å². The van der Waals surface area contributed by atoms with Crippen LogP contribution in [0.25, 0.3) is 0 Å². The van der Waals surface area contributed by atoms with Gasteiger partial charge in [0.15, 0.2) is 0 Å². The van der Waals surface area contributed by atoms with E-state index in [0.29, 0.717) is 6.54 Å². The first-order valence-electron chi connectivity index (χ1n) is 7.35. The quantitative estimate of drug-likeness (QED) is 0.917. The molecule has 1 unspecified atom stereocenters. The summed E-state index contributed by atoms with van der Waals surface area (Å²) in [6.07, 6.45) is 2.37. The van der Waals surface area contributed by atoms with E-state index in [1.807, 2.05) is 37.3 Å². The second-order valence-corrected chi connectivity index (χ2v) is 6.98. The number of nitrogens with zero attached hydrogens (tertiary/aromatic N) is 1. The molecular formula is C17H25NO2. The summed E-state index contributed by atoms with van der Waals surface area (Å²) in [7, 11) is 0. The summed E-state index contributed by atoms with van der Waals surface area (Å²) < 4.78 is 0. The number of carbonyl (C=O) groups is 1. The molecule has 20 heavy (non-hydrogen) atoms. The van der Waals surface area contributed by atoms with Gasteiger partial charge in [0.05, 0.1) is 0 Å². The van der Waals surface area contributed by atoms with Crippen molar-refractivity contribution in [2.75, 3.05) is 19.6 Å². The molecule has 1 fully saturated rings. The van der Waals surface area contributed by atoms with E-state index in [4.69, 9.17) is 0 Å². The topological polar surface area (TPSA) is 40.5 Å². The van der Waals surface area contributed by atoms with Crippen LogP contribution in [0, 0.1) is 5.41 Å². The maximum Gasteiger partial charge on any atom is 0.315 e. The van der Waals surface area contributed by atoms with Gasteiger partial charge in [-0.05, 0) is 37.3 Å². The molecule has 1 aliphatic rings. The van der Waals surface area contributed by atoms with E-state index in [-0.39, 0.29) is 5.41 Å². The van der Waals surface area contributed by atoms with Gasteiger partial charge in [-0.2, -0.15) is 0 Å². The zero-order valence-corrected chi connectivity index (χ0v) is 12.7. The smallest absolute Gasteiger partial charge is 0.315 e. The predicted molar refractivity (Wildman–Crippen MR) is 80.9 cm³/mol. The molecule has 0 bridgehead atoms. The van der Waals surface area contributed by atoms with Crippen LogP contribution in [0.3, 0.4) is 0 Å². The van der Waals surface area contributed by atoms with Crippen molar-refractivity contribution in [3.05, 3.63) is 35.9 Å². The Morgan fingerprint density at radius 2 is 2.00 bits per heavy atom. The van der Waals surface area contributed by atoms with E-state index < -0.39 is 11.4 Å². The van der Waals surface area contributed by atoms with E-state index in [1.165, 1.54) is 6.42 Å². The van der Waals surface area contributed by atoms with Crippen LogP contribution in [0.5, 0.6) is 0 Å². The molecule has 1 atom stereocenters. The van der Waals surface area contributed by atoms with Crippen LogP contribution >= 0.6 is 0 Å².